The van der Waals surface area contributed by atoms with E-state index in [1.54, 1.807) is 7.11 Å². The fourth-order valence-corrected chi connectivity index (χ4v) is 2.54. The molecular weight excluding hydrogens is 238 g/mol. The fourth-order valence-electron chi connectivity index (χ4n) is 2.54. The second kappa shape index (κ2) is 6.78. The average Bonchev–Trinajstić information content (AvgIpc) is 2.48. The molecule has 0 aliphatic carbocycles. The maximum atomic E-state index is 5.44. The summed E-state index contributed by atoms with van der Waals surface area (Å²) in [5.41, 5.74) is 1.21. The van der Waals surface area contributed by atoms with E-state index in [1.165, 1.54) is 5.69 Å². The SMILES string of the molecule is CNC(C)CN1CCN(c2ccccc2OC)CC1. The Morgan fingerprint density at radius 2 is 1.89 bits per heavy atom. The molecule has 1 heterocycles. The predicted octanol–water partition coefficient (Wildman–Crippen LogP) is 1.43. The van der Waals surface area contributed by atoms with Gasteiger partial charge in [-0.2, -0.15) is 0 Å². The summed E-state index contributed by atoms with van der Waals surface area (Å²) in [7, 11) is 3.76. The molecule has 106 valence electrons. The summed E-state index contributed by atoms with van der Waals surface area (Å²) >= 11 is 0. The van der Waals surface area contributed by atoms with Gasteiger partial charge in [0.1, 0.15) is 5.75 Å². The normalized spacial score (nSPS) is 18.4. The fraction of sp³-hybridized carbons (Fsp3) is 0.600. The first-order valence-corrected chi connectivity index (χ1v) is 7.02. The van der Waals surface area contributed by atoms with Gasteiger partial charge >= 0.3 is 0 Å². The summed E-state index contributed by atoms with van der Waals surface area (Å²) in [4.78, 5) is 4.94. The average molecular weight is 263 g/mol. The van der Waals surface area contributed by atoms with Crippen molar-refractivity contribution in [1.29, 1.82) is 0 Å². The number of likely N-dealkylation sites (N-methyl/N-ethyl adjacent to an activating group) is 1. The van der Waals surface area contributed by atoms with Crippen LogP contribution in [0.2, 0.25) is 0 Å². The van der Waals surface area contributed by atoms with Gasteiger partial charge in [0.25, 0.3) is 0 Å². The first kappa shape index (κ1) is 14.2. The molecule has 1 atom stereocenters. The summed E-state index contributed by atoms with van der Waals surface area (Å²) < 4.78 is 5.44. The highest BCUT2D eigenvalue weighted by Gasteiger charge is 2.20. The quantitative estimate of drug-likeness (QED) is 0.869. The highest BCUT2D eigenvalue weighted by molar-refractivity contribution is 5.58. The van der Waals surface area contributed by atoms with Crippen LogP contribution in [0, 0.1) is 0 Å². The molecule has 19 heavy (non-hydrogen) atoms. The molecule has 0 aromatic heterocycles. The van der Waals surface area contributed by atoms with Gasteiger partial charge in [0.2, 0.25) is 0 Å². The molecule has 1 fully saturated rings. The minimum atomic E-state index is 0.554. The Bertz CT molecular complexity index is 389. The topological polar surface area (TPSA) is 27.7 Å². The summed E-state index contributed by atoms with van der Waals surface area (Å²) in [6.07, 6.45) is 0. The van der Waals surface area contributed by atoms with Gasteiger partial charge in [-0.1, -0.05) is 12.1 Å². The van der Waals surface area contributed by atoms with E-state index in [2.05, 4.69) is 34.2 Å². The first-order chi connectivity index (χ1) is 9.24. The highest BCUT2D eigenvalue weighted by atomic mass is 16.5. The number of benzene rings is 1. The molecule has 2 rings (SSSR count). The van der Waals surface area contributed by atoms with Crippen LogP contribution in [-0.2, 0) is 0 Å². The zero-order valence-corrected chi connectivity index (χ0v) is 12.2. The Balaban J connectivity index is 1.92. The Labute approximate surface area is 116 Å². The van der Waals surface area contributed by atoms with Crippen LogP contribution in [0.4, 0.5) is 5.69 Å². The van der Waals surface area contributed by atoms with Crippen LogP contribution in [-0.4, -0.2) is 57.8 Å². The molecular formula is C15H25N3O. The van der Waals surface area contributed by atoms with Crippen molar-refractivity contribution < 1.29 is 4.74 Å². The molecule has 0 amide bonds. The van der Waals surface area contributed by atoms with Crippen molar-refractivity contribution in [1.82, 2.24) is 10.2 Å². The number of nitrogens with one attached hydrogen (secondary N) is 1. The van der Waals surface area contributed by atoms with Crippen LogP contribution in [0.5, 0.6) is 5.75 Å². The molecule has 1 aromatic rings. The Morgan fingerprint density at radius 1 is 1.21 bits per heavy atom. The number of ether oxygens (including phenoxy) is 1. The van der Waals surface area contributed by atoms with Crippen LogP contribution >= 0.6 is 0 Å². The number of methoxy groups -OCH3 is 1. The lowest BCUT2D eigenvalue weighted by atomic mass is 10.2. The number of rotatable bonds is 5. The molecule has 1 aliphatic rings. The molecule has 1 aromatic carbocycles. The van der Waals surface area contributed by atoms with Crippen LogP contribution in [0.15, 0.2) is 24.3 Å². The summed E-state index contributed by atoms with van der Waals surface area (Å²) in [5, 5.41) is 3.30. The summed E-state index contributed by atoms with van der Waals surface area (Å²) in [5.74, 6) is 0.972. The van der Waals surface area contributed by atoms with Gasteiger partial charge in [-0.15, -0.1) is 0 Å². The predicted molar refractivity (Wildman–Crippen MR) is 80.2 cm³/mol. The smallest absolute Gasteiger partial charge is 0.142 e. The zero-order valence-electron chi connectivity index (χ0n) is 12.2. The molecule has 4 heteroatoms. The van der Waals surface area contributed by atoms with E-state index in [0.717, 1.165) is 38.5 Å². The van der Waals surface area contributed by atoms with Crippen molar-refractivity contribution in [2.24, 2.45) is 0 Å². The highest BCUT2D eigenvalue weighted by Crippen LogP contribution is 2.28. The van der Waals surface area contributed by atoms with E-state index in [9.17, 15) is 0 Å². The van der Waals surface area contributed by atoms with E-state index in [4.69, 9.17) is 4.74 Å². The van der Waals surface area contributed by atoms with Gasteiger partial charge in [-0.25, -0.2) is 0 Å². The van der Waals surface area contributed by atoms with Crippen molar-refractivity contribution in [3.63, 3.8) is 0 Å². The summed E-state index contributed by atoms with van der Waals surface area (Å²) in [6.45, 7) is 7.71. The molecule has 1 unspecified atom stereocenters. The maximum absolute atomic E-state index is 5.44. The molecule has 0 radical (unpaired) electrons. The third-order valence-corrected chi connectivity index (χ3v) is 3.82. The number of para-hydroxylation sites is 2. The van der Waals surface area contributed by atoms with E-state index < -0.39 is 0 Å². The third-order valence-electron chi connectivity index (χ3n) is 3.82. The van der Waals surface area contributed by atoms with Crippen molar-refractivity contribution in [2.75, 3.05) is 51.8 Å². The van der Waals surface area contributed by atoms with Gasteiger partial charge in [0.15, 0.2) is 0 Å². The number of nitrogens with zero attached hydrogens (tertiary/aromatic N) is 2. The molecule has 4 nitrogen and oxygen atoms in total. The molecule has 1 saturated heterocycles. The molecule has 1 aliphatic heterocycles. The van der Waals surface area contributed by atoms with Crippen LogP contribution in [0.3, 0.4) is 0 Å². The van der Waals surface area contributed by atoms with Crippen molar-refractivity contribution >= 4 is 5.69 Å². The third kappa shape index (κ3) is 3.61. The van der Waals surface area contributed by atoms with Crippen LogP contribution in [0.25, 0.3) is 0 Å². The second-order valence-corrected chi connectivity index (χ2v) is 5.15. The lowest BCUT2D eigenvalue weighted by molar-refractivity contribution is 0.237. The van der Waals surface area contributed by atoms with Gasteiger partial charge in [-0.05, 0) is 26.1 Å². The monoisotopic (exact) mass is 263 g/mol. The van der Waals surface area contributed by atoms with Gasteiger partial charge in [0.05, 0.1) is 12.8 Å². The van der Waals surface area contributed by atoms with E-state index in [0.29, 0.717) is 6.04 Å². The lowest BCUT2D eigenvalue weighted by Gasteiger charge is -2.37. The largest absolute Gasteiger partial charge is 0.495 e. The Kier molecular flexibility index (Phi) is 5.05. The zero-order chi connectivity index (χ0) is 13.7. The van der Waals surface area contributed by atoms with E-state index in [-0.39, 0.29) is 0 Å². The molecule has 0 spiro atoms. The van der Waals surface area contributed by atoms with Gasteiger partial charge in [-0.3, -0.25) is 4.90 Å². The number of piperazine rings is 1. The van der Waals surface area contributed by atoms with Crippen molar-refractivity contribution in [3.8, 4) is 5.75 Å². The molecule has 0 saturated carbocycles. The number of hydrogen-bond acceptors (Lipinski definition) is 4. The minimum absolute atomic E-state index is 0.554. The standard InChI is InChI=1S/C15H25N3O/c1-13(16-2)12-17-8-10-18(11-9-17)14-6-4-5-7-15(14)19-3/h4-7,13,16H,8-12H2,1-3H3. The first-order valence-electron chi connectivity index (χ1n) is 7.02. The minimum Gasteiger partial charge on any atom is -0.495 e. The lowest BCUT2D eigenvalue weighted by Crippen LogP contribution is -2.49. The summed E-state index contributed by atoms with van der Waals surface area (Å²) in [6, 6.07) is 8.83. The second-order valence-electron chi connectivity index (χ2n) is 5.15. The van der Waals surface area contributed by atoms with E-state index in [1.807, 2.05) is 19.2 Å². The number of anilines is 1. The van der Waals surface area contributed by atoms with Gasteiger partial charge in [0, 0.05) is 38.8 Å². The molecule has 1 N–H and O–H groups in total. The maximum Gasteiger partial charge on any atom is 0.142 e. The molecule has 0 bridgehead atoms. The Morgan fingerprint density at radius 3 is 2.53 bits per heavy atom. The van der Waals surface area contributed by atoms with Crippen LogP contribution < -0.4 is 15.0 Å². The van der Waals surface area contributed by atoms with Crippen molar-refractivity contribution in [2.45, 2.75) is 13.0 Å². The van der Waals surface area contributed by atoms with Crippen LogP contribution in [0.1, 0.15) is 6.92 Å². The number of hydrogen-bond donors (Lipinski definition) is 1. The van der Waals surface area contributed by atoms with E-state index >= 15 is 0 Å². The van der Waals surface area contributed by atoms with Gasteiger partial charge < -0.3 is 15.0 Å². The Hall–Kier alpha value is -1.26. The van der Waals surface area contributed by atoms with Crippen molar-refractivity contribution in [3.05, 3.63) is 24.3 Å².